The highest BCUT2D eigenvalue weighted by molar-refractivity contribution is 6.39. The third-order valence-corrected chi connectivity index (χ3v) is 4.36. The molecule has 0 radical (unpaired) electrons. The van der Waals surface area contributed by atoms with Crippen LogP contribution in [0.5, 0.6) is 0 Å². The van der Waals surface area contributed by atoms with Gasteiger partial charge in [0.15, 0.2) is 5.82 Å². The number of benzene rings is 1. The van der Waals surface area contributed by atoms with E-state index in [1.54, 1.807) is 36.5 Å². The average Bonchev–Trinajstić information content (AvgIpc) is 3.06. The Morgan fingerprint density at radius 1 is 1.08 bits per heavy atom. The summed E-state index contributed by atoms with van der Waals surface area (Å²) in [4.78, 5) is 20.2. The number of halogens is 2. The van der Waals surface area contributed by atoms with E-state index in [2.05, 4.69) is 30.2 Å². The van der Waals surface area contributed by atoms with Crippen molar-refractivity contribution in [3.63, 3.8) is 0 Å². The number of anilines is 2. The Kier molecular flexibility index (Phi) is 4.42. The van der Waals surface area contributed by atoms with Crippen molar-refractivity contribution in [2.75, 3.05) is 5.32 Å². The normalized spacial score (nSPS) is 11.0. The second kappa shape index (κ2) is 6.87. The summed E-state index contributed by atoms with van der Waals surface area (Å²) in [6.45, 7) is -0.174. The van der Waals surface area contributed by atoms with Gasteiger partial charge in [-0.15, -0.1) is 0 Å². The fourth-order valence-electron chi connectivity index (χ4n) is 2.54. The van der Waals surface area contributed by atoms with E-state index < -0.39 is 0 Å². The predicted molar refractivity (Wildman–Crippen MR) is 101 cm³/mol. The van der Waals surface area contributed by atoms with Crippen molar-refractivity contribution in [2.45, 2.75) is 6.61 Å². The van der Waals surface area contributed by atoms with Crippen LogP contribution in [0, 0.1) is 0 Å². The first-order chi connectivity index (χ1) is 12.7. The molecule has 0 bridgehead atoms. The molecule has 130 valence electrons. The van der Waals surface area contributed by atoms with Crippen molar-refractivity contribution >= 4 is 45.9 Å². The number of aliphatic hydroxyl groups is 1. The summed E-state index contributed by atoms with van der Waals surface area (Å²) in [5.74, 6) is 1.56. The van der Waals surface area contributed by atoms with E-state index >= 15 is 0 Å². The third-order valence-electron chi connectivity index (χ3n) is 3.73. The number of fused-ring (bicyclic) bond motifs is 1. The Hall–Kier alpha value is -2.74. The van der Waals surface area contributed by atoms with Gasteiger partial charge in [0, 0.05) is 12.3 Å². The van der Waals surface area contributed by atoms with Crippen LogP contribution in [-0.2, 0) is 6.61 Å². The van der Waals surface area contributed by atoms with Gasteiger partial charge in [-0.05, 0) is 18.2 Å². The Morgan fingerprint density at radius 2 is 1.88 bits per heavy atom. The highest BCUT2D eigenvalue weighted by atomic mass is 35.5. The van der Waals surface area contributed by atoms with E-state index in [4.69, 9.17) is 23.2 Å². The number of nitrogens with zero attached hydrogens (tertiary/aromatic N) is 4. The quantitative estimate of drug-likeness (QED) is 0.490. The molecular weight excluding hydrogens is 375 g/mol. The number of nitrogens with one attached hydrogen (secondary N) is 2. The van der Waals surface area contributed by atoms with Crippen LogP contribution >= 0.6 is 23.2 Å². The van der Waals surface area contributed by atoms with E-state index in [0.29, 0.717) is 44.3 Å². The van der Waals surface area contributed by atoms with Crippen molar-refractivity contribution in [2.24, 2.45) is 0 Å². The molecule has 0 aliphatic carbocycles. The molecule has 3 heterocycles. The number of hydrogen-bond donors (Lipinski definition) is 3. The van der Waals surface area contributed by atoms with Gasteiger partial charge >= 0.3 is 0 Å². The lowest BCUT2D eigenvalue weighted by molar-refractivity contribution is 0.276. The number of rotatable bonds is 4. The van der Waals surface area contributed by atoms with Gasteiger partial charge in [-0.3, -0.25) is 0 Å². The van der Waals surface area contributed by atoms with Crippen LogP contribution in [0.4, 0.5) is 11.6 Å². The molecule has 0 saturated carbocycles. The number of aliphatic hydroxyl groups excluding tert-OH is 1. The van der Waals surface area contributed by atoms with E-state index in [1.165, 1.54) is 6.33 Å². The second-order valence-electron chi connectivity index (χ2n) is 5.42. The lowest BCUT2D eigenvalue weighted by atomic mass is 10.2. The molecule has 0 atom stereocenters. The van der Waals surface area contributed by atoms with Crippen molar-refractivity contribution in [1.29, 1.82) is 0 Å². The summed E-state index contributed by atoms with van der Waals surface area (Å²) in [5.41, 5.74) is 2.51. The molecular formula is C17H12Cl2N6O. The van der Waals surface area contributed by atoms with Crippen LogP contribution in [0.2, 0.25) is 10.0 Å². The minimum Gasteiger partial charge on any atom is -0.390 e. The van der Waals surface area contributed by atoms with Crippen molar-refractivity contribution in [1.82, 2.24) is 24.9 Å². The zero-order valence-corrected chi connectivity index (χ0v) is 14.8. The Morgan fingerprint density at radius 3 is 2.65 bits per heavy atom. The molecule has 4 aromatic rings. The molecule has 3 aromatic heterocycles. The zero-order chi connectivity index (χ0) is 18.1. The van der Waals surface area contributed by atoms with Crippen LogP contribution in [0.25, 0.3) is 22.4 Å². The van der Waals surface area contributed by atoms with Crippen LogP contribution in [0.3, 0.4) is 0 Å². The molecule has 0 amide bonds. The van der Waals surface area contributed by atoms with Gasteiger partial charge in [0.2, 0.25) is 0 Å². The fraction of sp³-hybridized carbons (Fsp3) is 0.0588. The molecule has 0 saturated heterocycles. The van der Waals surface area contributed by atoms with Gasteiger partial charge < -0.3 is 15.4 Å². The summed E-state index contributed by atoms with van der Waals surface area (Å²) < 4.78 is 0. The van der Waals surface area contributed by atoms with Crippen LogP contribution in [0.1, 0.15) is 5.69 Å². The predicted octanol–water partition coefficient (Wildman–Crippen LogP) is 3.96. The van der Waals surface area contributed by atoms with Crippen LogP contribution in [0.15, 0.2) is 42.9 Å². The molecule has 4 rings (SSSR count). The third kappa shape index (κ3) is 3.08. The molecule has 0 fully saturated rings. The number of hydrogen-bond acceptors (Lipinski definition) is 6. The molecule has 7 nitrogen and oxygen atoms in total. The van der Waals surface area contributed by atoms with Crippen molar-refractivity contribution < 1.29 is 5.11 Å². The molecule has 0 aliphatic heterocycles. The second-order valence-corrected chi connectivity index (χ2v) is 6.23. The lowest BCUT2D eigenvalue weighted by Gasteiger charge is -2.05. The maximum absolute atomic E-state index is 9.21. The number of aromatic nitrogens is 5. The first-order valence-corrected chi connectivity index (χ1v) is 8.39. The van der Waals surface area contributed by atoms with Crippen molar-refractivity contribution in [3.8, 4) is 11.4 Å². The largest absolute Gasteiger partial charge is 0.390 e. The Bertz CT molecular complexity index is 1080. The number of aromatic amines is 1. The number of H-pyrrole nitrogens is 1. The molecule has 9 heteroatoms. The molecule has 0 spiro atoms. The lowest BCUT2D eigenvalue weighted by Crippen LogP contribution is -1.99. The van der Waals surface area contributed by atoms with Gasteiger partial charge in [-0.1, -0.05) is 29.3 Å². The Balaban J connectivity index is 1.79. The highest BCUT2D eigenvalue weighted by Gasteiger charge is 2.15. The average molecular weight is 387 g/mol. The number of pyridine rings is 1. The molecule has 26 heavy (non-hydrogen) atoms. The van der Waals surface area contributed by atoms with Gasteiger partial charge in [0.05, 0.1) is 33.4 Å². The van der Waals surface area contributed by atoms with Crippen LogP contribution < -0.4 is 5.32 Å². The fourth-order valence-corrected chi connectivity index (χ4v) is 3.12. The van der Waals surface area contributed by atoms with Crippen LogP contribution in [-0.4, -0.2) is 30.0 Å². The standard InChI is InChI=1S/C17H12Cl2N6O/c18-10-2-1-3-11(19)14(10)16-23-12-4-5-20-17(15(12)25-16)24-13-6-9(7-26)21-8-22-13/h1-6,8,26H,7H2,(H,23,25)(H,20,21,22,24). The highest BCUT2D eigenvalue weighted by Crippen LogP contribution is 2.34. The first-order valence-electron chi connectivity index (χ1n) is 7.63. The van der Waals surface area contributed by atoms with Gasteiger partial charge in [0.25, 0.3) is 0 Å². The zero-order valence-electron chi connectivity index (χ0n) is 13.2. The summed E-state index contributed by atoms with van der Waals surface area (Å²) in [6.07, 6.45) is 3.02. The number of imidazole rings is 1. The SMILES string of the molecule is OCc1cc(Nc2nccc3[nH]c(-c4c(Cl)cccc4Cl)nc23)ncn1. The van der Waals surface area contributed by atoms with Gasteiger partial charge in [-0.25, -0.2) is 19.9 Å². The summed E-state index contributed by atoms with van der Waals surface area (Å²) in [5, 5.41) is 13.3. The van der Waals surface area contributed by atoms with E-state index in [9.17, 15) is 5.11 Å². The van der Waals surface area contributed by atoms with Crippen molar-refractivity contribution in [3.05, 3.63) is 58.6 Å². The summed E-state index contributed by atoms with van der Waals surface area (Å²) in [7, 11) is 0. The van der Waals surface area contributed by atoms with E-state index in [-0.39, 0.29) is 6.61 Å². The molecule has 3 N–H and O–H groups in total. The summed E-state index contributed by atoms with van der Waals surface area (Å²) >= 11 is 12.6. The maximum atomic E-state index is 9.21. The monoisotopic (exact) mass is 386 g/mol. The minimum atomic E-state index is -0.174. The van der Waals surface area contributed by atoms with E-state index in [0.717, 1.165) is 5.52 Å². The molecule has 0 unspecified atom stereocenters. The first kappa shape index (κ1) is 16.7. The van der Waals surface area contributed by atoms with Gasteiger partial charge in [0.1, 0.15) is 23.5 Å². The summed E-state index contributed by atoms with van der Waals surface area (Å²) in [6, 6.07) is 8.73. The minimum absolute atomic E-state index is 0.174. The molecule has 1 aromatic carbocycles. The van der Waals surface area contributed by atoms with Gasteiger partial charge in [-0.2, -0.15) is 0 Å². The topological polar surface area (TPSA) is 99.6 Å². The molecule has 0 aliphatic rings. The van der Waals surface area contributed by atoms with E-state index in [1.807, 2.05) is 0 Å². The smallest absolute Gasteiger partial charge is 0.159 e. The Labute approximate surface area is 158 Å². The maximum Gasteiger partial charge on any atom is 0.159 e.